The number of halogens is 2. The molecule has 0 amide bonds. The molecule has 1 unspecified atom stereocenters. The quantitative estimate of drug-likeness (QED) is 0.760. The van der Waals surface area contributed by atoms with E-state index in [4.69, 9.17) is 23.2 Å². The minimum absolute atomic E-state index is 0.679. The topological polar surface area (TPSA) is 16.1 Å². The van der Waals surface area contributed by atoms with Crippen molar-refractivity contribution in [3.8, 4) is 0 Å². The molecule has 17 heavy (non-hydrogen) atoms. The van der Waals surface area contributed by atoms with E-state index in [2.05, 4.69) is 9.88 Å². The first-order chi connectivity index (χ1) is 8.31. The number of likely N-dealkylation sites (tertiary alicyclic amines) is 1. The Kier molecular flexibility index (Phi) is 5.08. The highest BCUT2D eigenvalue weighted by atomic mass is 35.5. The molecule has 1 atom stereocenters. The molecule has 0 spiro atoms. The first-order valence-corrected chi connectivity index (χ1v) is 7.11. The van der Waals surface area contributed by atoms with Gasteiger partial charge in [-0.3, -0.25) is 9.88 Å². The fourth-order valence-electron chi connectivity index (χ4n) is 2.49. The second kappa shape index (κ2) is 6.58. The lowest BCUT2D eigenvalue weighted by molar-refractivity contribution is 0.233. The minimum Gasteiger partial charge on any atom is -0.296 e. The van der Waals surface area contributed by atoms with Crippen molar-refractivity contribution in [1.29, 1.82) is 0 Å². The Morgan fingerprint density at radius 2 is 2.35 bits per heavy atom. The van der Waals surface area contributed by atoms with Crippen LogP contribution in [0.5, 0.6) is 0 Å². The Bertz CT molecular complexity index is 357. The van der Waals surface area contributed by atoms with Gasteiger partial charge in [0.25, 0.3) is 0 Å². The van der Waals surface area contributed by atoms with E-state index in [1.54, 1.807) is 6.20 Å². The Morgan fingerprint density at radius 1 is 1.47 bits per heavy atom. The van der Waals surface area contributed by atoms with Crippen LogP contribution >= 0.6 is 23.2 Å². The van der Waals surface area contributed by atoms with E-state index >= 15 is 0 Å². The average Bonchev–Trinajstić information content (AvgIpc) is 2.77. The first kappa shape index (κ1) is 13.1. The third-order valence-electron chi connectivity index (χ3n) is 3.40. The van der Waals surface area contributed by atoms with Gasteiger partial charge in [-0.25, -0.2) is 0 Å². The molecule has 1 aliphatic rings. The summed E-state index contributed by atoms with van der Waals surface area (Å²) >= 11 is 11.9. The molecule has 1 aromatic heterocycles. The van der Waals surface area contributed by atoms with Crippen molar-refractivity contribution in [2.24, 2.45) is 0 Å². The lowest BCUT2D eigenvalue weighted by atomic mass is 10.1. The summed E-state index contributed by atoms with van der Waals surface area (Å²) in [5.74, 6) is 0.764. The van der Waals surface area contributed by atoms with Crippen LogP contribution < -0.4 is 0 Å². The van der Waals surface area contributed by atoms with Crippen molar-refractivity contribution >= 4 is 23.2 Å². The number of hydrogen-bond donors (Lipinski definition) is 0. The summed E-state index contributed by atoms with van der Waals surface area (Å²) in [5.41, 5.74) is 1.18. The highest BCUT2D eigenvalue weighted by Crippen LogP contribution is 2.25. The molecule has 1 aliphatic heterocycles. The first-order valence-electron chi connectivity index (χ1n) is 6.19. The van der Waals surface area contributed by atoms with E-state index < -0.39 is 0 Å². The van der Waals surface area contributed by atoms with Gasteiger partial charge < -0.3 is 0 Å². The average molecular weight is 273 g/mol. The van der Waals surface area contributed by atoms with Crippen LogP contribution in [-0.2, 0) is 6.54 Å². The van der Waals surface area contributed by atoms with Gasteiger partial charge in [0.05, 0.1) is 5.02 Å². The maximum absolute atomic E-state index is 6.14. The third-order valence-corrected chi connectivity index (χ3v) is 4.01. The molecule has 4 heteroatoms. The number of nitrogens with zero attached hydrogens (tertiary/aromatic N) is 2. The fourth-order valence-corrected chi connectivity index (χ4v) is 2.83. The molecule has 94 valence electrons. The lowest BCUT2D eigenvalue weighted by Crippen LogP contribution is -2.29. The molecular weight excluding hydrogens is 255 g/mol. The molecule has 1 saturated heterocycles. The molecule has 0 N–H and O–H groups in total. The molecule has 2 nitrogen and oxygen atoms in total. The lowest BCUT2D eigenvalue weighted by Gasteiger charge is -2.24. The standard InChI is InChI=1S/C13H18Cl2N2/c14-6-1-3-12-4-2-8-17(12)10-11-5-7-16-9-13(11)15/h5,7,9,12H,1-4,6,8,10H2. The summed E-state index contributed by atoms with van der Waals surface area (Å²) in [7, 11) is 0. The van der Waals surface area contributed by atoms with Gasteiger partial charge in [0.1, 0.15) is 0 Å². The van der Waals surface area contributed by atoms with E-state index in [0.717, 1.165) is 23.9 Å². The number of alkyl halides is 1. The van der Waals surface area contributed by atoms with Crippen LogP contribution in [0.3, 0.4) is 0 Å². The Balaban J connectivity index is 1.95. The van der Waals surface area contributed by atoms with Crippen LogP contribution in [0.2, 0.25) is 5.02 Å². The van der Waals surface area contributed by atoms with E-state index in [1.807, 2.05) is 12.3 Å². The van der Waals surface area contributed by atoms with Crippen molar-refractivity contribution in [3.05, 3.63) is 29.0 Å². The van der Waals surface area contributed by atoms with Gasteiger partial charge in [-0.2, -0.15) is 0 Å². The minimum atomic E-state index is 0.679. The van der Waals surface area contributed by atoms with Crippen molar-refractivity contribution < 1.29 is 0 Å². The maximum Gasteiger partial charge on any atom is 0.0634 e. The highest BCUT2D eigenvalue weighted by Gasteiger charge is 2.24. The monoisotopic (exact) mass is 272 g/mol. The van der Waals surface area contributed by atoms with Crippen LogP contribution in [0, 0.1) is 0 Å². The van der Waals surface area contributed by atoms with E-state index in [-0.39, 0.29) is 0 Å². The van der Waals surface area contributed by atoms with E-state index in [9.17, 15) is 0 Å². The molecule has 0 aromatic carbocycles. The molecule has 0 radical (unpaired) electrons. The summed E-state index contributed by atoms with van der Waals surface area (Å²) in [5, 5.41) is 0.774. The molecule has 0 aliphatic carbocycles. The van der Waals surface area contributed by atoms with Crippen LogP contribution in [0.25, 0.3) is 0 Å². The number of hydrogen-bond acceptors (Lipinski definition) is 2. The largest absolute Gasteiger partial charge is 0.296 e. The van der Waals surface area contributed by atoms with Gasteiger partial charge in [-0.05, 0) is 43.9 Å². The smallest absolute Gasteiger partial charge is 0.0634 e. The highest BCUT2D eigenvalue weighted by molar-refractivity contribution is 6.31. The fraction of sp³-hybridized carbons (Fsp3) is 0.615. The molecule has 2 heterocycles. The second-order valence-corrected chi connectivity index (χ2v) is 5.35. The van der Waals surface area contributed by atoms with Gasteiger partial charge in [0, 0.05) is 30.9 Å². The summed E-state index contributed by atoms with van der Waals surface area (Å²) in [6.45, 7) is 2.11. The molecule has 1 fully saturated rings. The number of aromatic nitrogens is 1. The Morgan fingerprint density at radius 3 is 3.12 bits per heavy atom. The summed E-state index contributed by atoms with van der Waals surface area (Å²) in [4.78, 5) is 6.54. The van der Waals surface area contributed by atoms with Gasteiger partial charge in [0.15, 0.2) is 0 Å². The molecule has 1 aromatic rings. The number of pyridine rings is 1. The third kappa shape index (κ3) is 3.57. The SMILES string of the molecule is ClCCCC1CCCN1Cc1ccncc1Cl. The molecular formula is C13H18Cl2N2. The van der Waals surface area contributed by atoms with Crippen molar-refractivity contribution in [2.75, 3.05) is 12.4 Å². The van der Waals surface area contributed by atoms with Crippen molar-refractivity contribution in [1.82, 2.24) is 9.88 Å². The molecule has 0 bridgehead atoms. The second-order valence-electron chi connectivity index (χ2n) is 4.56. The van der Waals surface area contributed by atoms with Gasteiger partial charge in [-0.15, -0.1) is 11.6 Å². The van der Waals surface area contributed by atoms with Gasteiger partial charge in [0.2, 0.25) is 0 Å². The normalized spacial score (nSPS) is 20.9. The van der Waals surface area contributed by atoms with E-state index in [1.165, 1.54) is 31.4 Å². The van der Waals surface area contributed by atoms with Crippen molar-refractivity contribution in [3.63, 3.8) is 0 Å². The summed E-state index contributed by atoms with van der Waals surface area (Å²) in [6.07, 6.45) is 8.42. The summed E-state index contributed by atoms with van der Waals surface area (Å²) in [6, 6.07) is 2.69. The van der Waals surface area contributed by atoms with E-state index in [0.29, 0.717) is 6.04 Å². The van der Waals surface area contributed by atoms with Crippen molar-refractivity contribution in [2.45, 2.75) is 38.3 Å². The Hall–Kier alpha value is -0.310. The predicted octanol–water partition coefficient (Wildman–Crippen LogP) is 3.72. The Labute approximate surface area is 113 Å². The van der Waals surface area contributed by atoms with Gasteiger partial charge in [-0.1, -0.05) is 11.6 Å². The molecule has 2 rings (SSSR count). The maximum atomic E-state index is 6.14. The zero-order valence-corrected chi connectivity index (χ0v) is 11.4. The summed E-state index contributed by atoms with van der Waals surface area (Å²) < 4.78 is 0. The van der Waals surface area contributed by atoms with Crippen LogP contribution in [0.15, 0.2) is 18.5 Å². The van der Waals surface area contributed by atoms with Crippen LogP contribution in [-0.4, -0.2) is 28.4 Å². The zero-order valence-electron chi connectivity index (χ0n) is 9.91. The predicted molar refractivity (Wildman–Crippen MR) is 72.6 cm³/mol. The van der Waals surface area contributed by atoms with Gasteiger partial charge >= 0.3 is 0 Å². The molecule has 0 saturated carbocycles. The van der Waals surface area contributed by atoms with Crippen LogP contribution in [0.1, 0.15) is 31.2 Å². The number of rotatable bonds is 5. The van der Waals surface area contributed by atoms with Crippen LogP contribution in [0.4, 0.5) is 0 Å². The zero-order chi connectivity index (χ0) is 12.1.